The average molecular weight is 451 g/mol. The molecule has 1 aliphatic rings. The summed E-state index contributed by atoms with van der Waals surface area (Å²) in [5.74, 6) is 0. The molecule has 6 nitrogen and oxygen atoms in total. The van der Waals surface area contributed by atoms with E-state index in [9.17, 15) is 10.2 Å². The SMILES string of the molecule is OCC1OC(O)C(OCc2ccccc2)[C@@H](OCc2ccccc2)C1OCc1ccccc1. The highest BCUT2D eigenvalue weighted by molar-refractivity contribution is 5.15. The molecule has 0 spiro atoms. The van der Waals surface area contributed by atoms with Crippen LogP contribution in [0.4, 0.5) is 0 Å². The Morgan fingerprint density at radius 1 is 0.576 bits per heavy atom. The van der Waals surface area contributed by atoms with Gasteiger partial charge in [0.1, 0.15) is 24.4 Å². The molecule has 4 rings (SSSR count). The van der Waals surface area contributed by atoms with Gasteiger partial charge in [-0.05, 0) is 16.7 Å². The first-order valence-electron chi connectivity index (χ1n) is 11.2. The summed E-state index contributed by atoms with van der Waals surface area (Å²) in [4.78, 5) is 0. The minimum Gasteiger partial charge on any atom is -0.394 e. The van der Waals surface area contributed by atoms with E-state index in [-0.39, 0.29) is 13.2 Å². The van der Waals surface area contributed by atoms with Crippen molar-refractivity contribution in [2.75, 3.05) is 6.61 Å². The molecule has 33 heavy (non-hydrogen) atoms. The fourth-order valence-corrected chi connectivity index (χ4v) is 3.91. The van der Waals surface area contributed by atoms with E-state index in [1.54, 1.807) is 0 Å². The Labute approximate surface area is 194 Å². The van der Waals surface area contributed by atoms with Crippen molar-refractivity contribution in [1.29, 1.82) is 0 Å². The highest BCUT2D eigenvalue weighted by Gasteiger charge is 2.47. The molecule has 1 fully saturated rings. The summed E-state index contributed by atoms with van der Waals surface area (Å²) < 4.78 is 24.3. The zero-order chi connectivity index (χ0) is 22.9. The van der Waals surface area contributed by atoms with E-state index in [1.807, 2.05) is 91.0 Å². The van der Waals surface area contributed by atoms with E-state index in [0.717, 1.165) is 16.7 Å². The third-order valence-corrected chi connectivity index (χ3v) is 5.65. The first kappa shape index (κ1) is 23.6. The van der Waals surface area contributed by atoms with Gasteiger partial charge in [0.2, 0.25) is 0 Å². The smallest absolute Gasteiger partial charge is 0.184 e. The van der Waals surface area contributed by atoms with Crippen LogP contribution in [0, 0.1) is 0 Å². The fraction of sp³-hybridized carbons (Fsp3) is 0.333. The van der Waals surface area contributed by atoms with Gasteiger partial charge in [0, 0.05) is 0 Å². The Kier molecular flexibility index (Phi) is 8.60. The van der Waals surface area contributed by atoms with Crippen molar-refractivity contribution in [1.82, 2.24) is 0 Å². The van der Waals surface area contributed by atoms with Gasteiger partial charge >= 0.3 is 0 Å². The lowest BCUT2D eigenvalue weighted by Crippen LogP contribution is -2.61. The molecule has 1 heterocycles. The minimum atomic E-state index is -1.26. The van der Waals surface area contributed by atoms with E-state index in [1.165, 1.54) is 0 Å². The van der Waals surface area contributed by atoms with Crippen LogP contribution < -0.4 is 0 Å². The fourth-order valence-electron chi connectivity index (χ4n) is 3.91. The largest absolute Gasteiger partial charge is 0.394 e. The molecule has 0 saturated carbocycles. The third-order valence-electron chi connectivity index (χ3n) is 5.65. The molecule has 0 aliphatic carbocycles. The number of aliphatic hydroxyl groups excluding tert-OH is 2. The Balaban J connectivity index is 1.53. The van der Waals surface area contributed by atoms with Crippen molar-refractivity contribution in [3.63, 3.8) is 0 Å². The second-order valence-corrected chi connectivity index (χ2v) is 8.03. The Morgan fingerprint density at radius 3 is 1.39 bits per heavy atom. The number of ether oxygens (including phenoxy) is 4. The Morgan fingerprint density at radius 2 is 0.970 bits per heavy atom. The molecule has 4 unspecified atom stereocenters. The molecule has 0 radical (unpaired) electrons. The highest BCUT2D eigenvalue weighted by Crippen LogP contribution is 2.29. The topological polar surface area (TPSA) is 77.4 Å². The van der Waals surface area contributed by atoms with Crippen LogP contribution in [0.1, 0.15) is 16.7 Å². The molecule has 3 aromatic carbocycles. The van der Waals surface area contributed by atoms with Crippen molar-refractivity contribution < 1.29 is 29.2 Å². The van der Waals surface area contributed by atoms with Crippen molar-refractivity contribution >= 4 is 0 Å². The maximum Gasteiger partial charge on any atom is 0.184 e. The zero-order valence-electron chi connectivity index (χ0n) is 18.4. The molecule has 0 aromatic heterocycles. The molecule has 174 valence electrons. The number of hydrogen-bond donors (Lipinski definition) is 2. The summed E-state index contributed by atoms with van der Waals surface area (Å²) in [5.41, 5.74) is 2.95. The number of aliphatic hydroxyl groups is 2. The first-order valence-corrected chi connectivity index (χ1v) is 11.2. The van der Waals surface area contributed by atoms with Gasteiger partial charge in [-0.25, -0.2) is 0 Å². The summed E-state index contributed by atoms with van der Waals surface area (Å²) in [5, 5.41) is 20.7. The normalized spacial score (nSPS) is 25.1. The van der Waals surface area contributed by atoms with Crippen LogP contribution in [-0.2, 0) is 38.8 Å². The van der Waals surface area contributed by atoms with E-state index in [2.05, 4.69) is 0 Å². The molecule has 1 saturated heterocycles. The monoisotopic (exact) mass is 450 g/mol. The quantitative estimate of drug-likeness (QED) is 0.493. The zero-order valence-corrected chi connectivity index (χ0v) is 18.4. The maximum absolute atomic E-state index is 10.7. The van der Waals surface area contributed by atoms with Crippen LogP contribution in [0.25, 0.3) is 0 Å². The molecular weight excluding hydrogens is 420 g/mol. The summed E-state index contributed by atoms with van der Waals surface area (Å²) in [7, 11) is 0. The van der Waals surface area contributed by atoms with Gasteiger partial charge in [0.15, 0.2) is 6.29 Å². The standard InChI is InChI=1S/C27H30O6/c28-16-23-24(30-17-20-10-4-1-5-11-20)25(31-18-21-12-6-2-7-13-21)26(27(29)33-23)32-19-22-14-8-3-9-15-22/h1-15,23-29H,16-19H2/t23?,24?,25-,26?,27?/m0/s1. The molecule has 3 aromatic rings. The van der Waals surface area contributed by atoms with Gasteiger partial charge in [0.05, 0.1) is 26.4 Å². The number of rotatable bonds is 10. The van der Waals surface area contributed by atoms with Crippen LogP contribution >= 0.6 is 0 Å². The highest BCUT2D eigenvalue weighted by atomic mass is 16.7. The molecule has 2 N–H and O–H groups in total. The van der Waals surface area contributed by atoms with Gasteiger partial charge in [-0.2, -0.15) is 0 Å². The predicted molar refractivity (Wildman–Crippen MR) is 123 cm³/mol. The van der Waals surface area contributed by atoms with E-state index in [0.29, 0.717) is 13.2 Å². The van der Waals surface area contributed by atoms with Gasteiger partial charge in [0.25, 0.3) is 0 Å². The summed E-state index contributed by atoms with van der Waals surface area (Å²) in [6.07, 6.45) is -4.09. The van der Waals surface area contributed by atoms with Crippen LogP contribution in [0.5, 0.6) is 0 Å². The lowest BCUT2D eigenvalue weighted by atomic mass is 9.98. The molecular formula is C27H30O6. The summed E-state index contributed by atoms with van der Waals surface area (Å²) in [6.45, 7) is 0.601. The van der Waals surface area contributed by atoms with Gasteiger partial charge in [-0.15, -0.1) is 0 Å². The van der Waals surface area contributed by atoms with Crippen molar-refractivity contribution in [3.8, 4) is 0 Å². The van der Waals surface area contributed by atoms with E-state index >= 15 is 0 Å². The third kappa shape index (κ3) is 6.48. The predicted octanol–water partition coefficient (Wildman–Crippen LogP) is 3.45. The molecule has 0 amide bonds. The second kappa shape index (κ2) is 12.0. The van der Waals surface area contributed by atoms with E-state index < -0.39 is 30.7 Å². The summed E-state index contributed by atoms with van der Waals surface area (Å²) >= 11 is 0. The van der Waals surface area contributed by atoms with Crippen molar-refractivity contribution in [2.24, 2.45) is 0 Å². The van der Waals surface area contributed by atoms with Crippen LogP contribution in [0.2, 0.25) is 0 Å². The van der Waals surface area contributed by atoms with Gasteiger partial charge < -0.3 is 29.2 Å². The Hall–Kier alpha value is -2.58. The maximum atomic E-state index is 10.7. The minimum absolute atomic E-state index is 0.284. The second-order valence-electron chi connectivity index (χ2n) is 8.03. The van der Waals surface area contributed by atoms with Crippen molar-refractivity contribution in [2.45, 2.75) is 50.5 Å². The molecule has 0 bridgehead atoms. The number of benzene rings is 3. The molecule has 1 aliphatic heterocycles. The van der Waals surface area contributed by atoms with Crippen molar-refractivity contribution in [3.05, 3.63) is 108 Å². The first-order chi connectivity index (χ1) is 16.2. The van der Waals surface area contributed by atoms with Crippen LogP contribution in [0.15, 0.2) is 91.0 Å². The Bertz CT molecular complexity index is 937. The molecule has 6 heteroatoms. The van der Waals surface area contributed by atoms with Crippen LogP contribution in [-0.4, -0.2) is 47.5 Å². The average Bonchev–Trinajstić information content (AvgIpc) is 2.87. The van der Waals surface area contributed by atoms with Gasteiger partial charge in [-0.1, -0.05) is 91.0 Å². The lowest BCUT2D eigenvalue weighted by molar-refractivity contribution is -0.315. The number of hydrogen-bond acceptors (Lipinski definition) is 6. The molecule has 5 atom stereocenters. The lowest BCUT2D eigenvalue weighted by Gasteiger charge is -2.44. The van der Waals surface area contributed by atoms with Crippen LogP contribution in [0.3, 0.4) is 0 Å². The van der Waals surface area contributed by atoms with Gasteiger partial charge in [-0.3, -0.25) is 0 Å². The van der Waals surface area contributed by atoms with E-state index in [4.69, 9.17) is 18.9 Å². The summed E-state index contributed by atoms with van der Waals surface area (Å²) in [6, 6.07) is 29.3.